The zero-order chi connectivity index (χ0) is 14.7. The number of nitrogens with zero attached hydrogens (tertiary/aromatic N) is 2. The minimum absolute atomic E-state index is 0.315. The molecule has 3 aromatic rings. The predicted octanol–water partition coefficient (Wildman–Crippen LogP) is 2.88. The molecule has 21 heavy (non-hydrogen) atoms. The third-order valence-corrected chi connectivity index (χ3v) is 3.51. The van der Waals surface area contributed by atoms with Gasteiger partial charge in [-0.3, -0.25) is 0 Å². The van der Waals surface area contributed by atoms with Gasteiger partial charge >= 0.3 is 0 Å². The van der Waals surface area contributed by atoms with E-state index < -0.39 is 0 Å². The van der Waals surface area contributed by atoms with E-state index in [0.29, 0.717) is 17.8 Å². The van der Waals surface area contributed by atoms with E-state index in [1.54, 1.807) is 0 Å². The minimum Gasteiger partial charge on any atom is -0.366 e. The monoisotopic (exact) mass is 282 g/mol. The van der Waals surface area contributed by atoms with Gasteiger partial charge in [0.2, 0.25) is 0 Å². The molecule has 2 heterocycles. The maximum Gasteiger partial charge on any atom is 0.260 e. The smallest absolute Gasteiger partial charge is 0.260 e. The van der Waals surface area contributed by atoms with Crippen molar-refractivity contribution in [3.05, 3.63) is 48.5 Å². The molecule has 0 saturated heterocycles. The second-order valence-corrected chi connectivity index (χ2v) is 5.06. The predicted molar refractivity (Wildman–Crippen MR) is 81.7 cm³/mol. The normalized spacial score (nSPS) is 12.5. The topological polar surface area (TPSA) is 66.7 Å². The Hall–Kier alpha value is -2.40. The second kappa shape index (κ2) is 5.93. The fraction of sp³-hybridized carbons (Fsp3) is 0.250. The molecule has 1 aromatic carbocycles. The van der Waals surface area contributed by atoms with Crippen LogP contribution >= 0.6 is 0 Å². The average Bonchev–Trinajstić information content (AvgIpc) is 3.16. The standard InChI is InChI=1S/C16H18N4O/c1-11(17-2)8-15-19-16(21-20-15)14-10-18-9-13(14)12-6-4-3-5-7-12/h3-7,9-11,17-18H,8H2,1-2H3. The van der Waals surface area contributed by atoms with Gasteiger partial charge in [-0.1, -0.05) is 35.5 Å². The van der Waals surface area contributed by atoms with E-state index in [-0.39, 0.29) is 0 Å². The summed E-state index contributed by atoms with van der Waals surface area (Å²) in [5.41, 5.74) is 3.11. The molecular weight excluding hydrogens is 264 g/mol. The third kappa shape index (κ3) is 2.87. The number of hydrogen-bond donors (Lipinski definition) is 2. The van der Waals surface area contributed by atoms with Crippen LogP contribution in [-0.4, -0.2) is 28.2 Å². The van der Waals surface area contributed by atoms with Crippen LogP contribution in [-0.2, 0) is 6.42 Å². The van der Waals surface area contributed by atoms with Crippen LogP contribution in [0, 0.1) is 0 Å². The lowest BCUT2D eigenvalue weighted by atomic mass is 10.1. The summed E-state index contributed by atoms with van der Waals surface area (Å²) in [6.45, 7) is 2.09. The quantitative estimate of drug-likeness (QED) is 0.755. The van der Waals surface area contributed by atoms with Gasteiger partial charge in [-0.15, -0.1) is 0 Å². The second-order valence-electron chi connectivity index (χ2n) is 5.06. The van der Waals surface area contributed by atoms with Crippen LogP contribution < -0.4 is 5.32 Å². The zero-order valence-corrected chi connectivity index (χ0v) is 12.1. The maximum atomic E-state index is 5.41. The number of aromatic nitrogens is 3. The summed E-state index contributed by atoms with van der Waals surface area (Å²) >= 11 is 0. The molecule has 3 rings (SSSR count). The molecule has 0 aliphatic rings. The van der Waals surface area contributed by atoms with Gasteiger partial charge in [0.25, 0.3) is 5.89 Å². The van der Waals surface area contributed by atoms with Gasteiger partial charge in [0.15, 0.2) is 5.82 Å². The Morgan fingerprint density at radius 1 is 1.19 bits per heavy atom. The molecule has 0 bridgehead atoms. The highest BCUT2D eigenvalue weighted by atomic mass is 16.5. The fourth-order valence-corrected chi connectivity index (χ4v) is 2.22. The minimum atomic E-state index is 0.315. The molecule has 108 valence electrons. The summed E-state index contributed by atoms with van der Waals surface area (Å²) in [6.07, 6.45) is 4.58. The summed E-state index contributed by atoms with van der Waals surface area (Å²) in [5, 5.41) is 7.22. The van der Waals surface area contributed by atoms with Crippen molar-refractivity contribution in [3.63, 3.8) is 0 Å². The lowest BCUT2D eigenvalue weighted by Gasteiger charge is -2.04. The first-order valence-corrected chi connectivity index (χ1v) is 7.00. The average molecular weight is 282 g/mol. The summed E-state index contributed by atoms with van der Waals surface area (Å²) in [4.78, 5) is 7.61. The molecule has 0 saturated carbocycles. The number of H-pyrrole nitrogens is 1. The summed E-state index contributed by atoms with van der Waals surface area (Å²) in [5.74, 6) is 1.26. The van der Waals surface area contributed by atoms with Gasteiger partial charge in [0.05, 0.1) is 5.56 Å². The van der Waals surface area contributed by atoms with E-state index >= 15 is 0 Å². The van der Waals surface area contributed by atoms with Gasteiger partial charge in [0, 0.05) is 30.4 Å². The van der Waals surface area contributed by atoms with E-state index in [0.717, 1.165) is 23.1 Å². The Labute approximate surface area is 123 Å². The lowest BCUT2D eigenvalue weighted by molar-refractivity contribution is 0.418. The first-order chi connectivity index (χ1) is 10.3. The Kier molecular flexibility index (Phi) is 3.83. The van der Waals surface area contributed by atoms with Crippen LogP contribution in [0.5, 0.6) is 0 Å². The first kappa shape index (κ1) is 13.6. The van der Waals surface area contributed by atoms with Gasteiger partial charge < -0.3 is 14.8 Å². The highest BCUT2D eigenvalue weighted by Crippen LogP contribution is 2.30. The molecular formula is C16H18N4O. The molecule has 2 N–H and O–H groups in total. The van der Waals surface area contributed by atoms with Gasteiger partial charge in [0.1, 0.15) is 0 Å². The lowest BCUT2D eigenvalue weighted by Crippen LogP contribution is -2.24. The van der Waals surface area contributed by atoms with Crippen molar-refractivity contribution in [3.8, 4) is 22.6 Å². The molecule has 5 heteroatoms. The number of aromatic amines is 1. The van der Waals surface area contributed by atoms with Crippen molar-refractivity contribution in [1.29, 1.82) is 0 Å². The van der Waals surface area contributed by atoms with Crippen molar-refractivity contribution in [2.45, 2.75) is 19.4 Å². The molecule has 2 aromatic heterocycles. The zero-order valence-electron chi connectivity index (χ0n) is 12.1. The molecule has 0 spiro atoms. The SMILES string of the molecule is CNC(C)Cc1noc(-c2c[nH]cc2-c2ccccc2)n1. The van der Waals surface area contributed by atoms with Crippen LogP contribution in [0.2, 0.25) is 0 Å². The highest BCUT2D eigenvalue weighted by Gasteiger charge is 2.16. The molecule has 1 atom stereocenters. The third-order valence-electron chi connectivity index (χ3n) is 3.51. The van der Waals surface area contributed by atoms with Crippen molar-refractivity contribution >= 4 is 0 Å². The number of benzene rings is 1. The van der Waals surface area contributed by atoms with Gasteiger partial charge in [-0.2, -0.15) is 4.98 Å². The van der Waals surface area contributed by atoms with Crippen LogP contribution in [0.3, 0.4) is 0 Å². The number of rotatable bonds is 5. The Morgan fingerprint density at radius 2 is 1.95 bits per heavy atom. The molecule has 0 aliphatic carbocycles. The van der Waals surface area contributed by atoms with E-state index in [4.69, 9.17) is 4.52 Å². The summed E-state index contributed by atoms with van der Waals surface area (Å²) in [6, 6.07) is 10.5. The Morgan fingerprint density at radius 3 is 2.71 bits per heavy atom. The molecule has 0 amide bonds. The van der Waals surface area contributed by atoms with Crippen molar-refractivity contribution < 1.29 is 4.52 Å². The first-order valence-electron chi connectivity index (χ1n) is 7.00. The van der Waals surface area contributed by atoms with Crippen molar-refractivity contribution in [2.24, 2.45) is 0 Å². The maximum absolute atomic E-state index is 5.41. The molecule has 0 aliphatic heterocycles. The summed E-state index contributed by atoms with van der Waals surface area (Å²) < 4.78 is 5.41. The van der Waals surface area contributed by atoms with E-state index in [1.165, 1.54) is 0 Å². The molecule has 5 nitrogen and oxygen atoms in total. The Bertz CT molecular complexity index is 702. The Balaban J connectivity index is 1.90. The van der Waals surface area contributed by atoms with Crippen molar-refractivity contribution in [1.82, 2.24) is 20.4 Å². The van der Waals surface area contributed by atoms with Crippen molar-refractivity contribution in [2.75, 3.05) is 7.05 Å². The molecule has 0 radical (unpaired) electrons. The largest absolute Gasteiger partial charge is 0.366 e. The molecule has 0 fully saturated rings. The molecule has 1 unspecified atom stereocenters. The van der Waals surface area contributed by atoms with Crippen LogP contribution in [0.1, 0.15) is 12.7 Å². The van der Waals surface area contributed by atoms with E-state index in [1.807, 2.05) is 37.6 Å². The van der Waals surface area contributed by atoms with Crippen LogP contribution in [0.25, 0.3) is 22.6 Å². The van der Waals surface area contributed by atoms with Gasteiger partial charge in [-0.05, 0) is 19.5 Å². The van der Waals surface area contributed by atoms with E-state index in [9.17, 15) is 0 Å². The fourth-order valence-electron chi connectivity index (χ4n) is 2.22. The van der Waals surface area contributed by atoms with E-state index in [2.05, 4.69) is 39.5 Å². The van der Waals surface area contributed by atoms with Gasteiger partial charge in [-0.25, -0.2) is 0 Å². The highest BCUT2D eigenvalue weighted by molar-refractivity contribution is 5.79. The van der Waals surface area contributed by atoms with Crippen LogP contribution in [0.4, 0.5) is 0 Å². The number of likely N-dealkylation sites (N-methyl/N-ethyl adjacent to an activating group) is 1. The summed E-state index contributed by atoms with van der Waals surface area (Å²) in [7, 11) is 1.92. The van der Waals surface area contributed by atoms with Crippen LogP contribution in [0.15, 0.2) is 47.2 Å². The number of hydrogen-bond acceptors (Lipinski definition) is 4. The number of nitrogens with one attached hydrogen (secondary N) is 2.